The summed E-state index contributed by atoms with van der Waals surface area (Å²) in [4.78, 5) is 3.58. The van der Waals surface area contributed by atoms with E-state index in [4.69, 9.17) is 16.9 Å². The van der Waals surface area contributed by atoms with E-state index in [2.05, 4.69) is 20.9 Å². The van der Waals surface area contributed by atoms with Gasteiger partial charge in [0.1, 0.15) is 11.2 Å². The van der Waals surface area contributed by atoms with Crippen LogP contribution >= 0.6 is 27.5 Å². The molecule has 0 fully saturated rings. The fourth-order valence-corrected chi connectivity index (χ4v) is 1.88. The predicted octanol–water partition coefficient (Wildman–Crippen LogP) is 3.44. The van der Waals surface area contributed by atoms with Crippen molar-refractivity contribution in [3.63, 3.8) is 0 Å². The van der Waals surface area contributed by atoms with Crippen molar-refractivity contribution in [2.75, 3.05) is 0 Å². The van der Waals surface area contributed by atoms with E-state index in [1.807, 2.05) is 0 Å². The lowest BCUT2D eigenvalue weighted by Gasteiger charge is -2.07. The number of alkyl halides is 3. The molecule has 0 radical (unpaired) electrons. The first-order chi connectivity index (χ1) is 6.61. The van der Waals surface area contributed by atoms with Crippen molar-refractivity contribution in [1.29, 1.82) is 5.26 Å². The Balaban J connectivity index is 3.43. The molecule has 0 aliphatic rings. The largest absolute Gasteiger partial charge is 0.266 e. The van der Waals surface area contributed by atoms with Crippen molar-refractivity contribution in [2.24, 2.45) is 0 Å². The van der Waals surface area contributed by atoms with Crippen molar-refractivity contribution in [3.05, 3.63) is 28.0 Å². The molecule has 0 unspecified atom stereocenters. The zero-order chi connectivity index (χ0) is 10.7. The van der Waals surface area contributed by atoms with Crippen LogP contribution in [0.15, 0.2) is 6.20 Å². The smallest absolute Gasteiger partial charge is 0.244 e. The summed E-state index contributed by atoms with van der Waals surface area (Å²) in [5.41, 5.74) is -0.185. The van der Waals surface area contributed by atoms with Gasteiger partial charge in [-0.2, -0.15) is 5.26 Å². The van der Waals surface area contributed by atoms with Crippen LogP contribution in [-0.4, -0.2) is 4.98 Å². The van der Waals surface area contributed by atoms with Gasteiger partial charge in [-0.25, -0.2) is 13.8 Å². The second-order valence-electron chi connectivity index (χ2n) is 2.40. The summed E-state index contributed by atoms with van der Waals surface area (Å²) in [5, 5.41) is 9.01. The summed E-state index contributed by atoms with van der Waals surface area (Å²) in [6.45, 7) is 0. The number of aromatic nitrogens is 1. The van der Waals surface area contributed by atoms with Crippen molar-refractivity contribution < 1.29 is 8.78 Å². The normalized spacial score (nSPS) is 10.3. The number of hydrogen-bond donors (Lipinski definition) is 0. The maximum Gasteiger partial charge on any atom is 0.266 e. The fraction of sp³-hybridized carbons (Fsp3) is 0.250. The van der Waals surface area contributed by atoms with Crippen LogP contribution in [0.2, 0.25) is 5.15 Å². The molecule has 14 heavy (non-hydrogen) atoms. The number of rotatable bonds is 2. The van der Waals surface area contributed by atoms with E-state index >= 15 is 0 Å². The Morgan fingerprint density at radius 2 is 2.29 bits per heavy atom. The fourth-order valence-electron chi connectivity index (χ4n) is 0.965. The first-order valence-electron chi connectivity index (χ1n) is 3.53. The number of nitriles is 1. The third kappa shape index (κ3) is 2.02. The lowest BCUT2D eigenvalue weighted by Crippen LogP contribution is -1.98. The molecule has 0 saturated carbocycles. The van der Waals surface area contributed by atoms with Crippen molar-refractivity contribution >= 4 is 27.5 Å². The van der Waals surface area contributed by atoms with E-state index in [9.17, 15) is 8.78 Å². The highest BCUT2D eigenvalue weighted by atomic mass is 79.9. The van der Waals surface area contributed by atoms with E-state index in [-0.39, 0.29) is 21.6 Å². The first kappa shape index (κ1) is 11.3. The lowest BCUT2D eigenvalue weighted by atomic mass is 10.1. The highest BCUT2D eigenvalue weighted by Crippen LogP contribution is 2.28. The molecular formula is C8H4BrClF2N2. The van der Waals surface area contributed by atoms with E-state index in [1.54, 1.807) is 6.07 Å². The molecule has 74 valence electrons. The number of nitrogens with zero attached hydrogens (tertiary/aromatic N) is 2. The molecule has 0 amide bonds. The van der Waals surface area contributed by atoms with Crippen LogP contribution in [0.4, 0.5) is 8.78 Å². The molecule has 0 bridgehead atoms. The van der Waals surface area contributed by atoms with Crippen LogP contribution < -0.4 is 0 Å². The molecule has 1 aromatic rings. The van der Waals surface area contributed by atoms with Gasteiger partial charge in [-0.15, -0.1) is 0 Å². The van der Waals surface area contributed by atoms with Crippen molar-refractivity contribution in [2.45, 2.75) is 11.8 Å². The van der Waals surface area contributed by atoms with Gasteiger partial charge in [-0.1, -0.05) is 27.5 Å². The Labute approximate surface area is 92.6 Å². The Bertz CT molecular complexity index is 390. The Morgan fingerprint density at radius 1 is 1.64 bits per heavy atom. The summed E-state index contributed by atoms with van der Waals surface area (Å²) < 4.78 is 24.8. The van der Waals surface area contributed by atoms with Gasteiger partial charge < -0.3 is 0 Å². The molecule has 1 heterocycles. The third-order valence-electron chi connectivity index (χ3n) is 1.64. The minimum absolute atomic E-state index is 0.0721. The molecule has 0 N–H and O–H groups in total. The molecule has 0 spiro atoms. The first-order valence-corrected chi connectivity index (χ1v) is 5.03. The summed E-state index contributed by atoms with van der Waals surface area (Å²) in [5.74, 6) is 0. The van der Waals surface area contributed by atoms with Gasteiger partial charge in [0, 0.05) is 17.1 Å². The molecular weight excluding hydrogens is 277 g/mol. The van der Waals surface area contributed by atoms with Gasteiger partial charge >= 0.3 is 0 Å². The third-order valence-corrected chi connectivity index (χ3v) is 2.52. The van der Waals surface area contributed by atoms with Crippen LogP contribution in [0, 0.1) is 11.3 Å². The lowest BCUT2D eigenvalue weighted by molar-refractivity contribution is 0.150. The van der Waals surface area contributed by atoms with Crippen LogP contribution in [0.3, 0.4) is 0 Å². The minimum Gasteiger partial charge on any atom is -0.244 e. The second-order valence-corrected chi connectivity index (χ2v) is 3.32. The topological polar surface area (TPSA) is 36.7 Å². The van der Waals surface area contributed by atoms with Crippen LogP contribution in [0.5, 0.6) is 0 Å². The number of halogens is 4. The highest BCUT2D eigenvalue weighted by molar-refractivity contribution is 9.08. The molecule has 1 rings (SSSR count). The molecule has 0 aliphatic heterocycles. The van der Waals surface area contributed by atoms with Gasteiger partial charge in [0.05, 0.1) is 11.1 Å². The highest BCUT2D eigenvalue weighted by Gasteiger charge is 2.18. The van der Waals surface area contributed by atoms with Crippen molar-refractivity contribution in [1.82, 2.24) is 4.98 Å². The van der Waals surface area contributed by atoms with Gasteiger partial charge in [-0.05, 0) is 0 Å². The summed E-state index contributed by atoms with van der Waals surface area (Å²) in [6, 6.07) is 1.70. The maximum absolute atomic E-state index is 12.4. The minimum atomic E-state index is -2.72. The van der Waals surface area contributed by atoms with Crippen LogP contribution in [0.25, 0.3) is 0 Å². The van der Waals surface area contributed by atoms with E-state index in [0.717, 1.165) is 6.20 Å². The van der Waals surface area contributed by atoms with Crippen molar-refractivity contribution in [3.8, 4) is 6.07 Å². The summed E-state index contributed by atoms with van der Waals surface area (Å²) >= 11 is 8.71. The van der Waals surface area contributed by atoms with Gasteiger partial charge in [0.15, 0.2) is 0 Å². The molecule has 0 saturated heterocycles. The predicted molar refractivity (Wildman–Crippen MR) is 51.6 cm³/mol. The summed E-state index contributed by atoms with van der Waals surface area (Å²) in [7, 11) is 0. The molecule has 0 aliphatic carbocycles. The second kappa shape index (κ2) is 4.67. The average Bonchev–Trinajstić information content (AvgIpc) is 2.16. The molecule has 1 aromatic heterocycles. The summed E-state index contributed by atoms with van der Waals surface area (Å²) in [6.07, 6.45) is -1.79. The van der Waals surface area contributed by atoms with Gasteiger partial charge in [0.2, 0.25) is 0 Å². The van der Waals surface area contributed by atoms with Crippen LogP contribution in [0.1, 0.15) is 23.1 Å². The zero-order valence-corrected chi connectivity index (χ0v) is 9.11. The number of pyridine rings is 1. The average molecular weight is 281 g/mol. The maximum atomic E-state index is 12.4. The van der Waals surface area contributed by atoms with E-state index in [0.29, 0.717) is 5.56 Å². The molecule has 0 aromatic carbocycles. The van der Waals surface area contributed by atoms with E-state index in [1.165, 1.54) is 0 Å². The Hall–Kier alpha value is -0.730. The standard InChI is InChI=1S/C8H4BrClF2N2/c9-1-4-5(2-13)6(8(11)12)3-14-7(4)10/h3,8H,1H2. The molecule has 0 atom stereocenters. The van der Waals surface area contributed by atoms with E-state index < -0.39 is 6.43 Å². The Morgan fingerprint density at radius 3 is 2.71 bits per heavy atom. The van der Waals surface area contributed by atoms with Crippen LogP contribution in [-0.2, 0) is 5.33 Å². The zero-order valence-electron chi connectivity index (χ0n) is 6.77. The monoisotopic (exact) mass is 280 g/mol. The Kier molecular flexibility index (Phi) is 3.78. The SMILES string of the molecule is N#Cc1c(C(F)F)cnc(Cl)c1CBr. The molecule has 6 heteroatoms. The number of hydrogen-bond acceptors (Lipinski definition) is 2. The molecule has 2 nitrogen and oxygen atoms in total. The van der Waals surface area contributed by atoms with Gasteiger partial charge in [-0.3, -0.25) is 0 Å². The quantitative estimate of drug-likeness (QED) is 0.615. The van der Waals surface area contributed by atoms with Gasteiger partial charge in [0.25, 0.3) is 6.43 Å².